The van der Waals surface area contributed by atoms with E-state index in [-0.39, 0.29) is 0 Å². The lowest BCUT2D eigenvalue weighted by atomic mass is 9.86. The van der Waals surface area contributed by atoms with Crippen molar-refractivity contribution in [2.45, 2.75) is 46.1 Å². The van der Waals surface area contributed by atoms with Gasteiger partial charge in [0, 0.05) is 18.8 Å². The van der Waals surface area contributed by atoms with E-state index in [1.807, 2.05) is 23.3 Å². The minimum absolute atomic E-state index is 0.442. The molecule has 30 heavy (non-hydrogen) atoms. The highest BCUT2D eigenvalue weighted by Crippen LogP contribution is 2.27. The highest BCUT2D eigenvalue weighted by atomic mass is 19.1. The predicted octanol–water partition coefficient (Wildman–Crippen LogP) is 2.61. The summed E-state index contributed by atoms with van der Waals surface area (Å²) in [5.74, 6) is 0.269. The van der Waals surface area contributed by atoms with Crippen molar-refractivity contribution in [2.75, 3.05) is 13.1 Å². The number of hydrogen-bond acceptors (Lipinski definition) is 4. The lowest BCUT2D eigenvalue weighted by Gasteiger charge is -2.38. The summed E-state index contributed by atoms with van der Waals surface area (Å²) in [6, 6.07) is 4.62. The molecule has 1 fully saturated rings. The molecule has 0 aliphatic carbocycles. The van der Waals surface area contributed by atoms with Gasteiger partial charge >= 0.3 is 5.69 Å². The summed E-state index contributed by atoms with van der Waals surface area (Å²) in [5.41, 5.74) is 0.597. The Balaban J connectivity index is 1.58. The Bertz CT molecular complexity index is 1160. The Hall–Kier alpha value is -2.74. The molecule has 0 spiro atoms. The highest BCUT2D eigenvalue weighted by Gasteiger charge is 2.26. The van der Waals surface area contributed by atoms with Crippen LogP contribution in [0, 0.1) is 17.7 Å². The summed E-state index contributed by atoms with van der Waals surface area (Å²) < 4.78 is 16.5. The third kappa shape index (κ3) is 4.09. The highest BCUT2D eigenvalue weighted by molar-refractivity contribution is 5.64. The van der Waals surface area contributed by atoms with E-state index in [1.165, 1.54) is 12.6 Å². The first kappa shape index (κ1) is 20.5. The molecule has 0 bridgehead atoms. The Kier molecular flexibility index (Phi) is 5.60. The Morgan fingerprint density at radius 2 is 2.13 bits per heavy atom. The van der Waals surface area contributed by atoms with Gasteiger partial charge in [-0.25, -0.2) is 9.31 Å². The molecule has 0 unspecified atom stereocenters. The van der Waals surface area contributed by atoms with Gasteiger partial charge in [-0.1, -0.05) is 13.8 Å². The van der Waals surface area contributed by atoms with E-state index in [2.05, 4.69) is 30.8 Å². The monoisotopic (exact) mass is 413 g/mol. The minimum atomic E-state index is -1.02. The number of aromatic amines is 1. The largest absolute Gasteiger partial charge is 0.333 e. The third-order valence-electron chi connectivity index (χ3n) is 5.97. The van der Waals surface area contributed by atoms with E-state index < -0.39 is 17.1 Å². The van der Waals surface area contributed by atoms with Gasteiger partial charge in [0.1, 0.15) is 0 Å². The maximum absolute atomic E-state index is 13.8. The van der Waals surface area contributed by atoms with Crippen LogP contribution in [0.4, 0.5) is 4.39 Å². The van der Waals surface area contributed by atoms with Crippen LogP contribution in [0.3, 0.4) is 0 Å². The molecule has 160 valence electrons. The SMILES string of the molecule is CC(C)CN1CC[C@@H](Cc2ccn3ncc(-n4cc(F)c(=O)[nH]c4=O)c3c2)C[C@@H]1C. The number of pyridine rings is 1. The molecule has 7 nitrogen and oxygen atoms in total. The maximum Gasteiger partial charge on any atom is 0.333 e. The average molecular weight is 413 g/mol. The van der Waals surface area contributed by atoms with Crippen molar-refractivity contribution in [1.82, 2.24) is 24.1 Å². The number of piperidine rings is 1. The molecule has 1 aliphatic heterocycles. The molecule has 0 saturated carbocycles. The number of H-pyrrole nitrogens is 1. The van der Waals surface area contributed by atoms with E-state index in [4.69, 9.17) is 0 Å². The molecule has 2 atom stereocenters. The molecule has 1 N–H and O–H groups in total. The van der Waals surface area contributed by atoms with Crippen LogP contribution in [0.25, 0.3) is 11.2 Å². The number of hydrogen-bond donors (Lipinski definition) is 1. The standard InChI is InChI=1S/C22H28FN5O2/c1-14(2)12-26-6-4-16(8-15(26)3)9-17-5-7-28-19(10-17)20(11-24-28)27-13-18(23)21(29)25-22(27)30/h5,7,10-11,13-16H,4,6,8-9,12H2,1-3H3,(H,25,29,30)/t15-,16+/m0/s1. The number of nitrogens with zero attached hydrogens (tertiary/aromatic N) is 4. The van der Waals surface area contributed by atoms with Gasteiger partial charge in [0.05, 0.1) is 23.6 Å². The van der Waals surface area contributed by atoms with Crippen LogP contribution in [0.5, 0.6) is 0 Å². The van der Waals surface area contributed by atoms with Gasteiger partial charge in [0.2, 0.25) is 5.82 Å². The van der Waals surface area contributed by atoms with Crippen LogP contribution in [0.2, 0.25) is 0 Å². The van der Waals surface area contributed by atoms with Gasteiger partial charge in [-0.15, -0.1) is 0 Å². The van der Waals surface area contributed by atoms with Crippen molar-refractivity contribution in [3.8, 4) is 5.69 Å². The van der Waals surface area contributed by atoms with E-state index in [9.17, 15) is 14.0 Å². The third-order valence-corrected chi connectivity index (χ3v) is 5.97. The summed E-state index contributed by atoms with van der Waals surface area (Å²) in [6.45, 7) is 9.09. The lowest BCUT2D eigenvalue weighted by molar-refractivity contribution is 0.110. The zero-order valence-corrected chi connectivity index (χ0v) is 17.6. The van der Waals surface area contributed by atoms with Crippen LogP contribution >= 0.6 is 0 Å². The fraction of sp³-hybridized carbons (Fsp3) is 0.500. The Morgan fingerprint density at radius 3 is 2.87 bits per heavy atom. The van der Waals surface area contributed by atoms with Crippen molar-refractivity contribution in [3.63, 3.8) is 0 Å². The average Bonchev–Trinajstić information content (AvgIpc) is 3.10. The van der Waals surface area contributed by atoms with E-state index in [1.54, 1.807) is 4.52 Å². The van der Waals surface area contributed by atoms with Crippen molar-refractivity contribution >= 4 is 5.52 Å². The van der Waals surface area contributed by atoms with Crippen molar-refractivity contribution in [3.05, 3.63) is 62.9 Å². The van der Waals surface area contributed by atoms with E-state index in [0.717, 1.165) is 42.3 Å². The molecule has 8 heteroatoms. The molecular weight excluding hydrogens is 385 g/mol. The Labute approximate surface area is 174 Å². The van der Waals surface area contributed by atoms with E-state index >= 15 is 0 Å². The molecule has 4 heterocycles. The molecule has 1 aliphatic rings. The number of aromatic nitrogens is 4. The van der Waals surface area contributed by atoms with Gasteiger partial charge in [-0.05, 0) is 62.3 Å². The summed E-state index contributed by atoms with van der Waals surface area (Å²) in [5, 5.41) is 4.26. The second-order valence-electron chi connectivity index (χ2n) is 8.83. The number of nitrogens with one attached hydrogen (secondary N) is 1. The Morgan fingerprint density at radius 1 is 1.33 bits per heavy atom. The topological polar surface area (TPSA) is 75.4 Å². The van der Waals surface area contributed by atoms with Crippen LogP contribution < -0.4 is 11.2 Å². The fourth-order valence-corrected chi connectivity index (χ4v) is 4.53. The zero-order valence-electron chi connectivity index (χ0n) is 17.6. The number of likely N-dealkylation sites (tertiary alicyclic amines) is 1. The quantitative estimate of drug-likeness (QED) is 0.698. The fourth-order valence-electron chi connectivity index (χ4n) is 4.53. The van der Waals surface area contributed by atoms with Crippen LogP contribution in [-0.2, 0) is 6.42 Å². The van der Waals surface area contributed by atoms with Crippen LogP contribution in [0.15, 0.2) is 40.3 Å². The first-order chi connectivity index (χ1) is 14.3. The van der Waals surface area contributed by atoms with Gasteiger partial charge in [-0.2, -0.15) is 9.49 Å². The molecule has 1 saturated heterocycles. The molecular formula is C22H28FN5O2. The second-order valence-corrected chi connectivity index (χ2v) is 8.83. The van der Waals surface area contributed by atoms with Crippen molar-refractivity contribution in [2.24, 2.45) is 11.8 Å². The van der Waals surface area contributed by atoms with Crippen molar-refractivity contribution in [1.29, 1.82) is 0 Å². The summed E-state index contributed by atoms with van der Waals surface area (Å²) in [7, 11) is 0. The first-order valence-corrected chi connectivity index (χ1v) is 10.5. The van der Waals surface area contributed by atoms with Gasteiger partial charge in [-0.3, -0.25) is 14.3 Å². The van der Waals surface area contributed by atoms with Crippen LogP contribution in [-0.4, -0.2) is 43.2 Å². The number of rotatable bonds is 5. The normalized spacial score (nSPS) is 20.3. The molecule has 0 aromatic carbocycles. The smallest absolute Gasteiger partial charge is 0.300 e. The first-order valence-electron chi connectivity index (χ1n) is 10.5. The summed E-state index contributed by atoms with van der Waals surface area (Å²) in [4.78, 5) is 28.1. The van der Waals surface area contributed by atoms with Crippen LogP contribution in [0.1, 0.15) is 39.2 Å². The van der Waals surface area contributed by atoms with E-state index in [0.29, 0.717) is 29.1 Å². The summed E-state index contributed by atoms with van der Waals surface area (Å²) >= 11 is 0. The van der Waals surface area contributed by atoms with Gasteiger partial charge in [0.25, 0.3) is 5.56 Å². The maximum atomic E-state index is 13.8. The zero-order chi connectivity index (χ0) is 21.4. The molecule has 0 radical (unpaired) electrons. The van der Waals surface area contributed by atoms with Crippen molar-refractivity contribution < 1.29 is 4.39 Å². The second kappa shape index (κ2) is 8.18. The summed E-state index contributed by atoms with van der Waals surface area (Å²) in [6.07, 6.45) is 7.56. The number of halogens is 1. The molecule has 0 amide bonds. The molecule has 3 aromatic rings. The molecule has 4 rings (SSSR count). The van der Waals surface area contributed by atoms with Gasteiger partial charge < -0.3 is 4.90 Å². The molecule has 3 aromatic heterocycles. The lowest BCUT2D eigenvalue weighted by Crippen LogP contribution is -2.43. The number of fused-ring (bicyclic) bond motifs is 1. The minimum Gasteiger partial charge on any atom is -0.300 e. The van der Waals surface area contributed by atoms with Gasteiger partial charge in [0.15, 0.2) is 0 Å². The predicted molar refractivity (Wildman–Crippen MR) is 114 cm³/mol.